The predicted octanol–water partition coefficient (Wildman–Crippen LogP) is 6.27. The number of fused-ring (bicyclic) bond motifs is 1. The van der Waals surface area contributed by atoms with Gasteiger partial charge in [0, 0.05) is 10.9 Å². The Labute approximate surface area is 265 Å². The summed E-state index contributed by atoms with van der Waals surface area (Å²) in [6.45, 7) is 10.5. The largest absolute Gasteiger partial charge is 0.493 e. The number of carbonyl (C=O) groups is 2. The van der Waals surface area contributed by atoms with Crippen LogP contribution in [0.5, 0.6) is 11.5 Å². The molecule has 236 valence electrons. The van der Waals surface area contributed by atoms with Crippen molar-refractivity contribution in [2.45, 2.75) is 71.1 Å². The lowest BCUT2D eigenvalue weighted by atomic mass is 10.1. The van der Waals surface area contributed by atoms with E-state index in [0.29, 0.717) is 27.4 Å². The van der Waals surface area contributed by atoms with Crippen molar-refractivity contribution in [1.82, 2.24) is 14.9 Å². The molecule has 0 saturated carbocycles. The minimum Gasteiger partial charge on any atom is -0.493 e. The Morgan fingerprint density at radius 3 is 2.57 bits per heavy atom. The molecule has 1 amide bonds. The van der Waals surface area contributed by atoms with Crippen molar-refractivity contribution in [3.63, 3.8) is 0 Å². The summed E-state index contributed by atoms with van der Waals surface area (Å²) in [7, 11) is 1.50. The summed E-state index contributed by atoms with van der Waals surface area (Å²) in [6.07, 6.45) is 6.88. The number of amides is 1. The number of alkyl carbamates (subject to hydrolysis) is 1. The number of ether oxygens (including phenoxy) is 4. The Morgan fingerprint density at radius 1 is 1.18 bits per heavy atom. The Bertz CT molecular complexity index is 1640. The second-order valence-electron chi connectivity index (χ2n) is 11.8. The van der Waals surface area contributed by atoms with Gasteiger partial charge in [0.05, 0.1) is 23.7 Å². The third-order valence-corrected chi connectivity index (χ3v) is 8.06. The van der Waals surface area contributed by atoms with Crippen LogP contribution in [0, 0.1) is 5.92 Å². The molecule has 1 aliphatic carbocycles. The Morgan fingerprint density at radius 2 is 1.93 bits per heavy atom. The lowest BCUT2D eigenvalue weighted by Gasteiger charge is -2.25. The van der Waals surface area contributed by atoms with Crippen LogP contribution in [0.25, 0.3) is 21.5 Å². The lowest BCUT2D eigenvalue weighted by Crippen LogP contribution is -2.48. The molecule has 3 aromatic rings. The zero-order valence-electron chi connectivity index (χ0n) is 25.9. The van der Waals surface area contributed by atoms with Crippen LogP contribution in [0.1, 0.15) is 52.8 Å². The van der Waals surface area contributed by atoms with Gasteiger partial charge in [-0.05, 0) is 63.8 Å². The second kappa shape index (κ2) is 13.9. The van der Waals surface area contributed by atoms with E-state index in [1.165, 1.54) is 29.3 Å². The van der Waals surface area contributed by atoms with Crippen LogP contribution in [0.15, 0.2) is 53.6 Å². The third-order valence-electron chi connectivity index (χ3n) is 6.58. The number of alkyl halides is 1. The van der Waals surface area contributed by atoms with Crippen LogP contribution in [-0.2, 0) is 14.3 Å². The number of benzene rings is 1. The lowest BCUT2D eigenvalue weighted by molar-refractivity contribution is -0.153. The average Bonchev–Trinajstić information content (AvgIpc) is 3.39. The number of rotatable bonds is 10. The van der Waals surface area contributed by atoms with Crippen molar-refractivity contribution in [2.75, 3.05) is 13.7 Å². The molecule has 2 heterocycles. The van der Waals surface area contributed by atoms with Gasteiger partial charge in [0.2, 0.25) is 0 Å². The van der Waals surface area contributed by atoms with Gasteiger partial charge < -0.3 is 24.3 Å². The summed E-state index contributed by atoms with van der Waals surface area (Å²) in [5, 5.41) is 2.57. The SMILES string of the molecule is COc1cc(-n2cnc3cc(C4=CCC(Cl)C=C4)sc3c2=O)ccc1OCC(C)OC(=O)[C@@H](NC(=O)OC(C)(C)C)C(C)C. The van der Waals surface area contributed by atoms with Crippen LogP contribution >= 0.6 is 22.9 Å². The van der Waals surface area contributed by atoms with Crippen molar-refractivity contribution >= 4 is 50.8 Å². The number of thiophene rings is 1. The highest BCUT2D eigenvalue weighted by Crippen LogP contribution is 2.33. The van der Waals surface area contributed by atoms with Crippen LogP contribution in [-0.4, -0.2) is 58.5 Å². The molecule has 2 unspecified atom stereocenters. The molecule has 0 bridgehead atoms. The maximum atomic E-state index is 13.4. The Hall–Kier alpha value is -3.83. The van der Waals surface area contributed by atoms with E-state index in [2.05, 4.69) is 16.4 Å². The number of halogens is 1. The second-order valence-corrected chi connectivity index (χ2v) is 13.4. The maximum absolute atomic E-state index is 13.4. The van der Waals surface area contributed by atoms with Gasteiger partial charge in [-0.2, -0.15) is 0 Å². The van der Waals surface area contributed by atoms with Crippen molar-refractivity contribution in [2.24, 2.45) is 5.92 Å². The zero-order chi connectivity index (χ0) is 32.2. The minimum atomic E-state index is -0.890. The first-order valence-electron chi connectivity index (χ1n) is 14.3. The molecule has 44 heavy (non-hydrogen) atoms. The molecule has 0 spiro atoms. The molecule has 1 aromatic carbocycles. The first-order valence-corrected chi connectivity index (χ1v) is 15.6. The fourth-order valence-corrected chi connectivity index (χ4v) is 5.61. The van der Waals surface area contributed by atoms with E-state index in [1.54, 1.807) is 59.7 Å². The van der Waals surface area contributed by atoms with Gasteiger partial charge in [0.25, 0.3) is 5.56 Å². The number of esters is 1. The zero-order valence-corrected chi connectivity index (χ0v) is 27.5. The molecular weight excluding hydrogens is 606 g/mol. The van der Waals surface area contributed by atoms with Crippen LogP contribution in [0.4, 0.5) is 4.79 Å². The van der Waals surface area contributed by atoms with Gasteiger partial charge in [-0.25, -0.2) is 14.6 Å². The highest BCUT2D eigenvalue weighted by Gasteiger charge is 2.29. The molecule has 2 aromatic heterocycles. The number of carbonyl (C=O) groups excluding carboxylic acids is 2. The number of aromatic nitrogens is 2. The Kier molecular flexibility index (Phi) is 10.4. The van der Waals surface area contributed by atoms with E-state index < -0.39 is 29.8 Å². The van der Waals surface area contributed by atoms with Crippen molar-refractivity contribution in [3.05, 3.63) is 64.1 Å². The quantitative estimate of drug-likeness (QED) is 0.203. The molecule has 3 atom stereocenters. The molecule has 4 rings (SSSR count). The van der Waals surface area contributed by atoms with E-state index in [9.17, 15) is 14.4 Å². The molecule has 12 heteroatoms. The standard InChI is InChI=1S/C32H38ClN3O7S/c1-18(2)27(35-31(39)43-32(4,5)6)30(38)42-19(3)16-41-24-13-12-22(14-25(24)40-7)36-17-34-23-15-26(44-28(23)29(36)37)20-8-10-21(33)11-9-20/h8-10,12-15,17-19,21,27H,11,16H2,1-7H3,(H,35,39)/t19?,21?,27-/m0/s1. The summed E-state index contributed by atoms with van der Waals surface area (Å²) in [6, 6.07) is 6.12. The van der Waals surface area contributed by atoms with Crippen LogP contribution in [0.2, 0.25) is 0 Å². The first kappa shape index (κ1) is 33.1. The summed E-state index contributed by atoms with van der Waals surface area (Å²) in [4.78, 5) is 44.0. The number of hydrogen-bond donors (Lipinski definition) is 1. The molecule has 10 nitrogen and oxygen atoms in total. The number of hydrogen-bond acceptors (Lipinski definition) is 9. The number of nitrogens with one attached hydrogen (secondary N) is 1. The van der Waals surface area contributed by atoms with E-state index in [4.69, 9.17) is 30.5 Å². The molecule has 0 aliphatic heterocycles. The van der Waals surface area contributed by atoms with Crippen molar-refractivity contribution < 1.29 is 28.5 Å². The van der Waals surface area contributed by atoms with Gasteiger partial charge in [-0.15, -0.1) is 22.9 Å². The molecular formula is C32H38ClN3O7S. The highest BCUT2D eigenvalue weighted by atomic mass is 35.5. The molecule has 1 aliphatic rings. The fraction of sp³-hybridized carbons (Fsp3) is 0.438. The van der Waals surface area contributed by atoms with Gasteiger partial charge in [-0.1, -0.05) is 32.1 Å². The third kappa shape index (κ3) is 8.21. The van der Waals surface area contributed by atoms with E-state index in [-0.39, 0.29) is 23.5 Å². The Balaban J connectivity index is 1.44. The maximum Gasteiger partial charge on any atom is 0.408 e. The van der Waals surface area contributed by atoms with E-state index in [0.717, 1.165) is 16.9 Å². The summed E-state index contributed by atoms with van der Waals surface area (Å²) in [5.41, 5.74) is 1.31. The molecule has 0 radical (unpaired) electrons. The van der Waals surface area contributed by atoms with E-state index in [1.807, 2.05) is 18.2 Å². The van der Waals surface area contributed by atoms with Gasteiger partial charge in [-0.3, -0.25) is 9.36 Å². The average molecular weight is 644 g/mol. The number of nitrogens with zero attached hydrogens (tertiary/aromatic N) is 2. The van der Waals surface area contributed by atoms with Gasteiger partial charge in [0.1, 0.15) is 35.4 Å². The molecule has 1 N–H and O–H groups in total. The van der Waals surface area contributed by atoms with Gasteiger partial charge >= 0.3 is 12.1 Å². The summed E-state index contributed by atoms with van der Waals surface area (Å²) < 4.78 is 24.3. The van der Waals surface area contributed by atoms with E-state index >= 15 is 0 Å². The molecule has 0 saturated heterocycles. The highest BCUT2D eigenvalue weighted by molar-refractivity contribution is 7.20. The number of methoxy groups -OCH3 is 1. The predicted molar refractivity (Wildman–Crippen MR) is 172 cm³/mol. The smallest absolute Gasteiger partial charge is 0.408 e. The summed E-state index contributed by atoms with van der Waals surface area (Å²) in [5.74, 6) is -0.0315. The van der Waals surface area contributed by atoms with Crippen molar-refractivity contribution in [1.29, 1.82) is 0 Å². The topological polar surface area (TPSA) is 118 Å². The van der Waals surface area contributed by atoms with Gasteiger partial charge in [0.15, 0.2) is 11.5 Å². The first-order chi connectivity index (χ1) is 20.8. The molecule has 0 fully saturated rings. The van der Waals surface area contributed by atoms with Crippen molar-refractivity contribution in [3.8, 4) is 17.2 Å². The fourth-order valence-electron chi connectivity index (χ4n) is 4.39. The minimum absolute atomic E-state index is 0.0195. The van der Waals surface area contributed by atoms with Crippen LogP contribution in [0.3, 0.4) is 0 Å². The number of allylic oxidation sites excluding steroid dienone is 4. The van der Waals surface area contributed by atoms with Crippen LogP contribution < -0.4 is 20.3 Å². The monoisotopic (exact) mass is 643 g/mol. The summed E-state index contributed by atoms with van der Waals surface area (Å²) >= 11 is 7.55. The normalized spacial score (nSPS) is 16.3.